The van der Waals surface area contributed by atoms with Gasteiger partial charge in [0.25, 0.3) is 0 Å². The highest BCUT2D eigenvalue weighted by atomic mass is 16.1. The van der Waals surface area contributed by atoms with E-state index >= 15 is 0 Å². The number of nitrogens with one attached hydrogen (secondary N) is 1. The summed E-state index contributed by atoms with van der Waals surface area (Å²) in [5, 5.41) is 3.26. The average molecular weight is 300 g/mol. The first kappa shape index (κ1) is 15.5. The van der Waals surface area contributed by atoms with E-state index in [0.29, 0.717) is 6.04 Å². The first-order valence-electron chi connectivity index (χ1n) is 8.78. The van der Waals surface area contributed by atoms with Crippen LogP contribution in [-0.2, 0) is 10.3 Å². The standard InChI is InChI=1S/C19H28N2O/c1-14(18(22)21-17-9-4-2-3-5-10-17)15-7-6-8-16(13-15)19(20)11-12-19/h6-8,13-14,17H,2-5,9-12,20H2,1H3,(H,21,22). The lowest BCUT2D eigenvalue weighted by Gasteiger charge is -2.20. The molecule has 0 radical (unpaired) electrons. The maximum Gasteiger partial charge on any atom is 0.227 e. The summed E-state index contributed by atoms with van der Waals surface area (Å²) in [5.41, 5.74) is 8.41. The van der Waals surface area contributed by atoms with Crippen LogP contribution in [0.1, 0.15) is 75.3 Å². The van der Waals surface area contributed by atoms with Gasteiger partial charge in [0.2, 0.25) is 5.91 Å². The summed E-state index contributed by atoms with van der Waals surface area (Å²) >= 11 is 0. The average Bonchev–Trinajstić information content (AvgIpc) is 3.32. The van der Waals surface area contributed by atoms with E-state index in [2.05, 4.69) is 17.4 Å². The zero-order chi connectivity index (χ0) is 15.6. The van der Waals surface area contributed by atoms with Gasteiger partial charge in [-0.1, -0.05) is 49.9 Å². The second kappa shape index (κ2) is 6.41. The van der Waals surface area contributed by atoms with Gasteiger partial charge in [-0.2, -0.15) is 0 Å². The zero-order valence-electron chi connectivity index (χ0n) is 13.6. The first-order valence-corrected chi connectivity index (χ1v) is 8.78. The quantitative estimate of drug-likeness (QED) is 0.835. The molecule has 120 valence electrons. The molecule has 0 saturated heterocycles. The summed E-state index contributed by atoms with van der Waals surface area (Å²) in [7, 11) is 0. The fourth-order valence-electron chi connectivity index (χ4n) is 3.44. The minimum atomic E-state index is -0.131. The Bertz CT molecular complexity index is 528. The van der Waals surface area contributed by atoms with E-state index in [4.69, 9.17) is 5.73 Å². The minimum Gasteiger partial charge on any atom is -0.353 e. The van der Waals surface area contributed by atoms with Gasteiger partial charge in [-0.15, -0.1) is 0 Å². The highest BCUT2D eigenvalue weighted by molar-refractivity contribution is 5.83. The van der Waals surface area contributed by atoms with Gasteiger partial charge in [-0.25, -0.2) is 0 Å². The topological polar surface area (TPSA) is 55.1 Å². The fourth-order valence-corrected chi connectivity index (χ4v) is 3.44. The molecule has 1 atom stereocenters. The summed E-state index contributed by atoms with van der Waals surface area (Å²) in [6.45, 7) is 2.00. The van der Waals surface area contributed by atoms with E-state index in [0.717, 1.165) is 31.2 Å². The van der Waals surface area contributed by atoms with Crippen molar-refractivity contribution >= 4 is 5.91 Å². The van der Waals surface area contributed by atoms with E-state index < -0.39 is 0 Å². The molecule has 2 fully saturated rings. The van der Waals surface area contributed by atoms with Crippen molar-refractivity contribution in [2.75, 3.05) is 0 Å². The number of hydrogen-bond donors (Lipinski definition) is 2. The highest BCUT2D eigenvalue weighted by Crippen LogP contribution is 2.43. The number of benzene rings is 1. The Morgan fingerprint density at radius 3 is 2.55 bits per heavy atom. The van der Waals surface area contributed by atoms with Gasteiger partial charge in [0, 0.05) is 11.6 Å². The van der Waals surface area contributed by atoms with Crippen LogP contribution >= 0.6 is 0 Å². The van der Waals surface area contributed by atoms with Gasteiger partial charge < -0.3 is 11.1 Å². The molecule has 0 aliphatic heterocycles. The molecule has 0 heterocycles. The van der Waals surface area contributed by atoms with Gasteiger partial charge in [0.05, 0.1) is 5.92 Å². The van der Waals surface area contributed by atoms with Crippen molar-refractivity contribution in [1.82, 2.24) is 5.32 Å². The van der Waals surface area contributed by atoms with E-state index in [1.807, 2.05) is 19.1 Å². The number of hydrogen-bond acceptors (Lipinski definition) is 2. The third kappa shape index (κ3) is 3.52. The smallest absolute Gasteiger partial charge is 0.227 e. The largest absolute Gasteiger partial charge is 0.353 e. The summed E-state index contributed by atoms with van der Waals surface area (Å²) in [5.74, 6) is 0.0523. The Balaban J connectivity index is 1.65. The molecule has 0 aromatic heterocycles. The van der Waals surface area contributed by atoms with Crippen molar-refractivity contribution in [3.63, 3.8) is 0 Å². The number of carbonyl (C=O) groups is 1. The van der Waals surface area contributed by atoms with Crippen molar-refractivity contribution in [3.8, 4) is 0 Å². The van der Waals surface area contributed by atoms with Crippen LogP contribution in [0.3, 0.4) is 0 Å². The Morgan fingerprint density at radius 1 is 1.23 bits per heavy atom. The number of amides is 1. The second-order valence-electron chi connectivity index (χ2n) is 7.20. The Labute approximate surface area is 133 Å². The molecule has 0 bridgehead atoms. The van der Waals surface area contributed by atoms with Gasteiger partial charge in [0.1, 0.15) is 0 Å². The second-order valence-corrected chi connectivity index (χ2v) is 7.20. The molecule has 3 N–H and O–H groups in total. The van der Waals surface area contributed by atoms with E-state index in [1.54, 1.807) is 0 Å². The molecule has 1 aromatic rings. The molecule has 3 rings (SSSR count). The number of rotatable bonds is 4. The third-order valence-corrected chi connectivity index (χ3v) is 5.35. The molecule has 3 nitrogen and oxygen atoms in total. The number of nitrogens with two attached hydrogens (primary N) is 1. The lowest BCUT2D eigenvalue weighted by atomic mass is 9.94. The molecule has 2 saturated carbocycles. The fraction of sp³-hybridized carbons (Fsp3) is 0.632. The summed E-state index contributed by atoms with van der Waals surface area (Å²) in [4.78, 5) is 12.6. The SMILES string of the molecule is CC(C(=O)NC1CCCCCC1)c1cccc(C2(N)CC2)c1. The van der Waals surface area contributed by atoms with E-state index in [-0.39, 0.29) is 17.4 Å². The maximum absolute atomic E-state index is 12.6. The summed E-state index contributed by atoms with van der Waals surface area (Å²) in [6, 6.07) is 8.67. The van der Waals surface area contributed by atoms with Crippen LogP contribution in [0.15, 0.2) is 24.3 Å². The Kier molecular flexibility index (Phi) is 4.53. The monoisotopic (exact) mass is 300 g/mol. The van der Waals surface area contributed by atoms with Crippen molar-refractivity contribution in [2.24, 2.45) is 5.73 Å². The van der Waals surface area contributed by atoms with E-state index in [9.17, 15) is 4.79 Å². The van der Waals surface area contributed by atoms with Gasteiger partial charge in [-0.3, -0.25) is 4.79 Å². The van der Waals surface area contributed by atoms with Crippen LogP contribution in [0.2, 0.25) is 0 Å². The molecule has 2 aliphatic carbocycles. The molecular formula is C19H28N2O. The highest BCUT2D eigenvalue weighted by Gasteiger charge is 2.40. The van der Waals surface area contributed by atoms with Gasteiger partial charge in [0.15, 0.2) is 0 Å². The molecule has 2 aliphatic rings. The van der Waals surface area contributed by atoms with Gasteiger partial charge in [-0.05, 0) is 43.7 Å². The van der Waals surface area contributed by atoms with Crippen LogP contribution in [0.4, 0.5) is 0 Å². The molecule has 1 unspecified atom stereocenters. The normalized spacial score (nSPS) is 22.6. The molecule has 1 amide bonds. The lowest BCUT2D eigenvalue weighted by Crippen LogP contribution is -2.37. The Hall–Kier alpha value is -1.35. The minimum absolute atomic E-state index is 0.106. The zero-order valence-corrected chi connectivity index (χ0v) is 13.6. The Morgan fingerprint density at radius 2 is 1.91 bits per heavy atom. The van der Waals surface area contributed by atoms with Gasteiger partial charge >= 0.3 is 0 Å². The molecular weight excluding hydrogens is 272 g/mol. The molecule has 22 heavy (non-hydrogen) atoms. The molecule has 1 aromatic carbocycles. The van der Waals surface area contributed by atoms with E-state index in [1.165, 1.54) is 31.2 Å². The summed E-state index contributed by atoms with van der Waals surface area (Å²) < 4.78 is 0. The maximum atomic E-state index is 12.6. The third-order valence-electron chi connectivity index (χ3n) is 5.35. The van der Waals surface area contributed by atoms with Crippen LogP contribution < -0.4 is 11.1 Å². The summed E-state index contributed by atoms with van der Waals surface area (Å²) in [6.07, 6.45) is 9.47. The van der Waals surface area contributed by atoms with Crippen LogP contribution in [-0.4, -0.2) is 11.9 Å². The number of carbonyl (C=O) groups excluding carboxylic acids is 1. The van der Waals surface area contributed by atoms with Crippen molar-refractivity contribution in [3.05, 3.63) is 35.4 Å². The molecule has 0 spiro atoms. The van der Waals surface area contributed by atoms with Crippen molar-refractivity contribution < 1.29 is 4.79 Å². The van der Waals surface area contributed by atoms with Crippen molar-refractivity contribution in [1.29, 1.82) is 0 Å². The molecule has 3 heteroatoms. The predicted molar refractivity (Wildman–Crippen MR) is 89.6 cm³/mol. The first-order chi connectivity index (χ1) is 10.6. The van der Waals surface area contributed by atoms with Crippen LogP contribution in [0, 0.1) is 0 Å². The lowest BCUT2D eigenvalue weighted by molar-refractivity contribution is -0.123. The predicted octanol–water partition coefficient (Wildman–Crippen LogP) is 3.58. The van der Waals surface area contributed by atoms with Crippen LogP contribution in [0.5, 0.6) is 0 Å². The van der Waals surface area contributed by atoms with Crippen molar-refractivity contribution in [2.45, 2.75) is 75.8 Å². The van der Waals surface area contributed by atoms with Crippen LogP contribution in [0.25, 0.3) is 0 Å².